The molecule has 20 heavy (non-hydrogen) atoms. The molecule has 1 atom stereocenters. The summed E-state index contributed by atoms with van der Waals surface area (Å²) >= 11 is 0. The molecule has 2 rings (SSSR count). The van der Waals surface area contributed by atoms with Gasteiger partial charge >= 0.3 is 0 Å². The van der Waals surface area contributed by atoms with Crippen LogP contribution in [0.25, 0.3) is 0 Å². The fraction of sp³-hybridized carbons (Fsp3) is 0.875. The first-order valence-corrected chi connectivity index (χ1v) is 8.04. The van der Waals surface area contributed by atoms with E-state index in [-0.39, 0.29) is 5.41 Å². The molecule has 1 unspecified atom stereocenters. The van der Waals surface area contributed by atoms with Gasteiger partial charge in [0.1, 0.15) is 0 Å². The van der Waals surface area contributed by atoms with Crippen molar-refractivity contribution < 1.29 is 4.52 Å². The number of nitrogens with two attached hydrogens (primary N) is 1. The second kappa shape index (κ2) is 6.25. The van der Waals surface area contributed by atoms with Crippen LogP contribution in [0.1, 0.15) is 77.4 Å². The molecule has 0 bridgehead atoms. The summed E-state index contributed by atoms with van der Waals surface area (Å²) in [4.78, 5) is 4.66. The monoisotopic (exact) mass is 279 g/mol. The Morgan fingerprint density at radius 2 is 1.95 bits per heavy atom. The van der Waals surface area contributed by atoms with E-state index in [1.807, 2.05) is 0 Å². The van der Waals surface area contributed by atoms with Crippen molar-refractivity contribution in [2.75, 3.05) is 6.54 Å². The van der Waals surface area contributed by atoms with Gasteiger partial charge in [-0.25, -0.2) is 0 Å². The van der Waals surface area contributed by atoms with Crippen LogP contribution in [0.3, 0.4) is 0 Å². The van der Waals surface area contributed by atoms with Crippen molar-refractivity contribution in [3.05, 3.63) is 11.7 Å². The summed E-state index contributed by atoms with van der Waals surface area (Å²) in [7, 11) is 0. The molecule has 1 aliphatic carbocycles. The van der Waals surface area contributed by atoms with Crippen LogP contribution >= 0.6 is 0 Å². The quantitative estimate of drug-likeness (QED) is 0.894. The zero-order chi connectivity index (χ0) is 14.8. The first-order chi connectivity index (χ1) is 9.50. The first-order valence-electron chi connectivity index (χ1n) is 8.04. The van der Waals surface area contributed by atoms with Crippen LogP contribution in [0.5, 0.6) is 0 Å². The third-order valence-corrected chi connectivity index (χ3v) is 5.27. The van der Waals surface area contributed by atoms with Crippen molar-refractivity contribution in [1.82, 2.24) is 10.1 Å². The zero-order valence-corrected chi connectivity index (χ0v) is 13.4. The summed E-state index contributed by atoms with van der Waals surface area (Å²) in [5.41, 5.74) is 5.68. The molecule has 1 aromatic rings. The van der Waals surface area contributed by atoms with Crippen molar-refractivity contribution >= 4 is 0 Å². The van der Waals surface area contributed by atoms with E-state index in [1.165, 1.54) is 25.7 Å². The van der Waals surface area contributed by atoms with Crippen molar-refractivity contribution in [1.29, 1.82) is 0 Å². The number of aromatic nitrogens is 2. The van der Waals surface area contributed by atoms with Crippen LogP contribution < -0.4 is 5.73 Å². The van der Waals surface area contributed by atoms with Gasteiger partial charge in [-0.15, -0.1) is 0 Å². The first kappa shape index (κ1) is 15.5. The van der Waals surface area contributed by atoms with Gasteiger partial charge in [0.05, 0.1) is 5.41 Å². The van der Waals surface area contributed by atoms with Crippen molar-refractivity contribution in [3.63, 3.8) is 0 Å². The van der Waals surface area contributed by atoms with Crippen LogP contribution in [0.4, 0.5) is 0 Å². The lowest BCUT2D eigenvalue weighted by atomic mass is 9.77. The lowest BCUT2D eigenvalue weighted by Crippen LogP contribution is -2.31. The molecule has 0 aliphatic heterocycles. The maximum Gasteiger partial charge on any atom is 0.233 e. The van der Waals surface area contributed by atoms with E-state index < -0.39 is 0 Å². The van der Waals surface area contributed by atoms with E-state index in [9.17, 15) is 0 Å². The molecule has 4 nitrogen and oxygen atoms in total. The third kappa shape index (κ3) is 3.05. The van der Waals surface area contributed by atoms with E-state index in [0.29, 0.717) is 18.4 Å². The molecule has 2 N–H and O–H groups in total. The van der Waals surface area contributed by atoms with Gasteiger partial charge in [0.2, 0.25) is 5.89 Å². The van der Waals surface area contributed by atoms with E-state index in [1.54, 1.807) is 0 Å². The zero-order valence-electron chi connectivity index (χ0n) is 13.4. The molecule has 0 radical (unpaired) electrons. The Morgan fingerprint density at radius 3 is 2.45 bits per heavy atom. The fourth-order valence-electron chi connectivity index (χ4n) is 3.07. The van der Waals surface area contributed by atoms with Crippen molar-refractivity contribution in [2.24, 2.45) is 17.6 Å². The van der Waals surface area contributed by atoms with Gasteiger partial charge in [-0.05, 0) is 50.9 Å². The highest BCUT2D eigenvalue weighted by Gasteiger charge is 2.32. The van der Waals surface area contributed by atoms with Gasteiger partial charge in [-0.2, -0.15) is 4.98 Å². The maximum atomic E-state index is 5.86. The van der Waals surface area contributed by atoms with Gasteiger partial charge in [0.25, 0.3) is 0 Å². The molecule has 0 saturated heterocycles. The molecule has 0 spiro atoms. The number of hydrogen-bond acceptors (Lipinski definition) is 4. The normalized spacial score (nSPS) is 26.7. The molecule has 4 heteroatoms. The van der Waals surface area contributed by atoms with Crippen LogP contribution in [0.2, 0.25) is 0 Å². The van der Waals surface area contributed by atoms with Crippen molar-refractivity contribution in [3.8, 4) is 0 Å². The second-order valence-corrected chi connectivity index (χ2v) is 6.93. The molecular formula is C16H29N3O. The van der Waals surface area contributed by atoms with Gasteiger partial charge in [-0.3, -0.25) is 0 Å². The summed E-state index contributed by atoms with van der Waals surface area (Å²) in [6.45, 7) is 9.41. The molecule has 0 aromatic carbocycles. The minimum absolute atomic E-state index is 0.180. The highest BCUT2D eigenvalue weighted by atomic mass is 16.5. The lowest BCUT2D eigenvalue weighted by Gasteiger charge is -2.29. The smallest absolute Gasteiger partial charge is 0.233 e. The molecule has 1 aromatic heterocycles. The second-order valence-electron chi connectivity index (χ2n) is 6.93. The summed E-state index contributed by atoms with van der Waals surface area (Å²) < 4.78 is 5.50. The van der Waals surface area contributed by atoms with E-state index in [4.69, 9.17) is 10.3 Å². The Morgan fingerprint density at radius 1 is 1.30 bits per heavy atom. The molecule has 0 amide bonds. The summed E-state index contributed by atoms with van der Waals surface area (Å²) in [5.74, 6) is 3.74. The Bertz CT molecular complexity index is 415. The predicted molar refractivity (Wildman–Crippen MR) is 80.5 cm³/mol. The predicted octanol–water partition coefficient (Wildman–Crippen LogP) is 3.63. The van der Waals surface area contributed by atoms with Crippen LogP contribution in [-0.4, -0.2) is 16.7 Å². The average molecular weight is 279 g/mol. The highest BCUT2D eigenvalue weighted by molar-refractivity contribution is 5.06. The fourth-order valence-corrected chi connectivity index (χ4v) is 3.07. The Hall–Kier alpha value is -0.900. The highest BCUT2D eigenvalue weighted by Crippen LogP contribution is 2.38. The van der Waals surface area contributed by atoms with Gasteiger partial charge in [0, 0.05) is 12.5 Å². The molecule has 114 valence electrons. The Balaban J connectivity index is 2.03. The molecule has 1 saturated carbocycles. The SMILES string of the molecule is CCC(C)(CN)c1nc(C2CCC(C(C)C)CC2)no1. The van der Waals surface area contributed by atoms with E-state index in [2.05, 4.69) is 37.8 Å². The lowest BCUT2D eigenvalue weighted by molar-refractivity contribution is 0.250. The van der Waals surface area contributed by atoms with Crippen molar-refractivity contribution in [2.45, 2.75) is 71.1 Å². The molecule has 1 aliphatic rings. The summed E-state index contributed by atoms with van der Waals surface area (Å²) in [6.07, 6.45) is 5.87. The van der Waals surface area contributed by atoms with E-state index in [0.717, 1.165) is 24.1 Å². The Kier molecular flexibility index (Phi) is 4.84. The minimum Gasteiger partial charge on any atom is -0.339 e. The van der Waals surface area contributed by atoms with Gasteiger partial charge in [-0.1, -0.05) is 25.9 Å². The van der Waals surface area contributed by atoms with Gasteiger partial charge < -0.3 is 10.3 Å². The Labute approximate surface area is 122 Å². The van der Waals surface area contributed by atoms with Crippen LogP contribution in [-0.2, 0) is 5.41 Å². The molecule has 1 fully saturated rings. The third-order valence-electron chi connectivity index (χ3n) is 5.27. The summed E-state index contributed by atoms with van der Waals surface area (Å²) in [6, 6.07) is 0. The van der Waals surface area contributed by atoms with Gasteiger partial charge in [0.15, 0.2) is 5.82 Å². The number of nitrogens with zero attached hydrogens (tertiary/aromatic N) is 2. The summed E-state index contributed by atoms with van der Waals surface area (Å²) in [5, 5.41) is 4.23. The number of rotatable bonds is 5. The van der Waals surface area contributed by atoms with E-state index >= 15 is 0 Å². The standard InChI is InChI=1S/C16H29N3O/c1-5-16(4,10-17)15-18-14(19-20-15)13-8-6-12(7-9-13)11(2)3/h11-13H,5-10,17H2,1-4H3. The number of hydrogen-bond donors (Lipinski definition) is 1. The largest absolute Gasteiger partial charge is 0.339 e. The minimum atomic E-state index is -0.180. The molecule has 1 heterocycles. The van der Waals surface area contributed by atoms with Crippen LogP contribution in [0, 0.1) is 11.8 Å². The molecular weight excluding hydrogens is 250 g/mol. The topological polar surface area (TPSA) is 64.9 Å². The maximum absolute atomic E-state index is 5.86. The van der Waals surface area contributed by atoms with Crippen LogP contribution in [0.15, 0.2) is 4.52 Å². The average Bonchev–Trinajstić information content (AvgIpc) is 2.97.